The molecule has 32 heavy (non-hydrogen) atoms. The van der Waals surface area contributed by atoms with Gasteiger partial charge in [-0.05, 0) is 61.8 Å². The van der Waals surface area contributed by atoms with Crippen LogP contribution < -0.4 is 4.90 Å². The molecular formula is C26H37ClN4O. The number of halogens is 1. The molecule has 2 aliphatic rings. The number of hydrogen-bond donors (Lipinski definition) is 0. The zero-order valence-corrected chi connectivity index (χ0v) is 20.3. The SMILES string of the molecule is CC1CCCN(c2ncc(-c3ccncc3)cc2Cl)C1.CCCN(C=O)C1CCCCC1. The maximum Gasteiger partial charge on any atom is 0.209 e. The molecule has 0 radical (unpaired) electrons. The molecule has 5 nitrogen and oxygen atoms in total. The van der Waals surface area contributed by atoms with Gasteiger partial charge in [0.25, 0.3) is 0 Å². The van der Waals surface area contributed by atoms with E-state index in [4.69, 9.17) is 11.6 Å². The summed E-state index contributed by atoms with van der Waals surface area (Å²) in [6.45, 7) is 7.44. The predicted molar refractivity (Wildman–Crippen MR) is 133 cm³/mol. The summed E-state index contributed by atoms with van der Waals surface area (Å²) in [7, 11) is 0. The average Bonchev–Trinajstić information content (AvgIpc) is 2.84. The quantitative estimate of drug-likeness (QED) is 0.484. The second-order valence-electron chi connectivity index (χ2n) is 9.09. The Hall–Kier alpha value is -2.14. The van der Waals surface area contributed by atoms with Gasteiger partial charge in [-0.2, -0.15) is 0 Å². The summed E-state index contributed by atoms with van der Waals surface area (Å²) in [6, 6.07) is 6.49. The topological polar surface area (TPSA) is 49.3 Å². The monoisotopic (exact) mass is 456 g/mol. The summed E-state index contributed by atoms with van der Waals surface area (Å²) >= 11 is 6.44. The standard InChI is InChI=1S/C16H18ClN3.C10H19NO/c1-12-3-2-8-20(11-12)16-15(17)9-14(10-19-16)13-4-6-18-7-5-13;1-2-8-11(9-12)10-6-4-3-5-7-10/h4-7,9-10,12H,2-3,8,11H2,1H3;9-10H,2-8H2,1H3. The zero-order chi connectivity index (χ0) is 22.8. The van der Waals surface area contributed by atoms with E-state index in [0.717, 1.165) is 54.4 Å². The van der Waals surface area contributed by atoms with E-state index in [0.29, 0.717) is 12.0 Å². The van der Waals surface area contributed by atoms with Crippen LogP contribution in [0.3, 0.4) is 0 Å². The van der Waals surface area contributed by atoms with Crippen LogP contribution in [-0.4, -0.2) is 47.0 Å². The normalized spacial score (nSPS) is 19.1. The molecule has 1 saturated carbocycles. The second-order valence-corrected chi connectivity index (χ2v) is 9.50. The lowest BCUT2D eigenvalue weighted by molar-refractivity contribution is -0.120. The molecule has 4 rings (SSSR count). The predicted octanol–water partition coefficient (Wildman–Crippen LogP) is 6.22. The number of pyridine rings is 2. The van der Waals surface area contributed by atoms with Gasteiger partial charge in [0.1, 0.15) is 5.82 Å². The van der Waals surface area contributed by atoms with Crippen molar-refractivity contribution in [2.24, 2.45) is 5.92 Å². The molecule has 1 aliphatic carbocycles. The van der Waals surface area contributed by atoms with Gasteiger partial charge in [-0.3, -0.25) is 9.78 Å². The van der Waals surface area contributed by atoms with Crippen LogP contribution in [0.1, 0.15) is 65.2 Å². The lowest BCUT2D eigenvalue weighted by Gasteiger charge is -2.32. The second kappa shape index (κ2) is 12.8. The lowest BCUT2D eigenvalue weighted by atomic mass is 9.94. The molecule has 1 saturated heterocycles. The summed E-state index contributed by atoms with van der Waals surface area (Å²) < 4.78 is 0. The Morgan fingerprint density at radius 1 is 1.12 bits per heavy atom. The summed E-state index contributed by atoms with van der Waals surface area (Å²) in [6.07, 6.45) is 16.5. The van der Waals surface area contributed by atoms with Gasteiger partial charge in [-0.15, -0.1) is 0 Å². The minimum Gasteiger partial charge on any atom is -0.355 e. The van der Waals surface area contributed by atoms with E-state index in [1.54, 1.807) is 12.4 Å². The lowest BCUT2D eigenvalue weighted by Crippen LogP contribution is -2.36. The van der Waals surface area contributed by atoms with Crippen LogP contribution >= 0.6 is 11.6 Å². The minimum atomic E-state index is 0.552. The van der Waals surface area contributed by atoms with Crippen molar-refractivity contribution in [1.29, 1.82) is 0 Å². The fourth-order valence-corrected chi connectivity index (χ4v) is 5.03. The number of rotatable bonds is 6. The Bertz CT molecular complexity index is 826. The van der Waals surface area contributed by atoms with Crippen molar-refractivity contribution < 1.29 is 4.79 Å². The first-order valence-corrected chi connectivity index (χ1v) is 12.5. The molecule has 0 aromatic carbocycles. The van der Waals surface area contributed by atoms with Crippen LogP contribution in [0.25, 0.3) is 11.1 Å². The van der Waals surface area contributed by atoms with Crippen LogP contribution in [0.5, 0.6) is 0 Å². The van der Waals surface area contributed by atoms with Gasteiger partial charge < -0.3 is 9.80 Å². The third-order valence-electron chi connectivity index (χ3n) is 6.45. The van der Waals surface area contributed by atoms with Crippen LogP contribution in [0, 0.1) is 5.92 Å². The summed E-state index contributed by atoms with van der Waals surface area (Å²) in [4.78, 5) is 23.6. The zero-order valence-electron chi connectivity index (χ0n) is 19.5. The molecular weight excluding hydrogens is 420 g/mol. The van der Waals surface area contributed by atoms with Gasteiger partial charge in [0.2, 0.25) is 6.41 Å². The van der Waals surface area contributed by atoms with Crippen molar-refractivity contribution in [3.8, 4) is 11.1 Å². The molecule has 1 aliphatic heterocycles. The molecule has 174 valence electrons. The van der Waals surface area contributed by atoms with Crippen LogP contribution in [-0.2, 0) is 4.79 Å². The number of amides is 1. The van der Waals surface area contributed by atoms with Crippen LogP contribution in [0.4, 0.5) is 5.82 Å². The van der Waals surface area contributed by atoms with E-state index in [-0.39, 0.29) is 0 Å². The first-order valence-electron chi connectivity index (χ1n) is 12.1. The van der Waals surface area contributed by atoms with Crippen molar-refractivity contribution in [3.63, 3.8) is 0 Å². The molecule has 3 heterocycles. The highest BCUT2D eigenvalue weighted by Gasteiger charge is 2.20. The highest BCUT2D eigenvalue weighted by Crippen LogP contribution is 2.31. The molecule has 0 N–H and O–H groups in total. The van der Waals surface area contributed by atoms with Gasteiger partial charge in [0, 0.05) is 49.8 Å². The fraction of sp³-hybridized carbons (Fsp3) is 0.577. The Morgan fingerprint density at radius 2 is 1.88 bits per heavy atom. The molecule has 0 spiro atoms. The van der Waals surface area contributed by atoms with E-state index < -0.39 is 0 Å². The Morgan fingerprint density at radius 3 is 2.50 bits per heavy atom. The molecule has 2 aromatic rings. The van der Waals surface area contributed by atoms with E-state index >= 15 is 0 Å². The highest BCUT2D eigenvalue weighted by molar-refractivity contribution is 6.33. The number of anilines is 1. The smallest absolute Gasteiger partial charge is 0.209 e. The summed E-state index contributed by atoms with van der Waals surface area (Å²) in [5.74, 6) is 1.62. The largest absolute Gasteiger partial charge is 0.355 e. The first kappa shape index (κ1) is 24.5. The van der Waals surface area contributed by atoms with E-state index in [1.807, 2.05) is 29.3 Å². The maximum absolute atomic E-state index is 10.7. The fourth-order valence-electron chi connectivity index (χ4n) is 4.74. The maximum atomic E-state index is 10.7. The van der Waals surface area contributed by atoms with Gasteiger partial charge in [-0.1, -0.05) is 44.7 Å². The Kier molecular flexibility index (Phi) is 9.79. The summed E-state index contributed by atoms with van der Waals surface area (Å²) in [5, 5.41) is 0.730. The number of piperidine rings is 1. The minimum absolute atomic E-state index is 0.552. The van der Waals surface area contributed by atoms with Crippen molar-refractivity contribution in [3.05, 3.63) is 41.8 Å². The summed E-state index contributed by atoms with van der Waals surface area (Å²) in [5.41, 5.74) is 2.12. The molecule has 1 amide bonds. The Balaban J connectivity index is 0.000000207. The van der Waals surface area contributed by atoms with Crippen LogP contribution in [0.15, 0.2) is 36.8 Å². The molecule has 6 heteroatoms. The van der Waals surface area contributed by atoms with Gasteiger partial charge in [0.05, 0.1) is 5.02 Å². The molecule has 0 bridgehead atoms. The molecule has 2 fully saturated rings. The molecule has 1 unspecified atom stereocenters. The van der Waals surface area contributed by atoms with Crippen molar-refractivity contribution in [2.75, 3.05) is 24.5 Å². The number of hydrogen-bond acceptors (Lipinski definition) is 4. The van der Waals surface area contributed by atoms with E-state index in [1.165, 1.54) is 44.9 Å². The molecule has 1 atom stereocenters. The first-order chi connectivity index (χ1) is 15.6. The highest BCUT2D eigenvalue weighted by atomic mass is 35.5. The van der Waals surface area contributed by atoms with Crippen LogP contribution in [0.2, 0.25) is 5.02 Å². The van der Waals surface area contributed by atoms with E-state index in [9.17, 15) is 4.79 Å². The van der Waals surface area contributed by atoms with Crippen molar-refractivity contribution in [1.82, 2.24) is 14.9 Å². The number of carbonyl (C=O) groups excluding carboxylic acids is 1. The third kappa shape index (κ3) is 6.93. The van der Waals surface area contributed by atoms with E-state index in [2.05, 4.69) is 28.7 Å². The van der Waals surface area contributed by atoms with Crippen molar-refractivity contribution in [2.45, 2.75) is 71.3 Å². The van der Waals surface area contributed by atoms with Crippen molar-refractivity contribution >= 4 is 23.8 Å². The number of nitrogens with zero attached hydrogens (tertiary/aromatic N) is 4. The van der Waals surface area contributed by atoms with Gasteiger partial charge in [0.15, 0.2) is 0 Å². The number of aromatic nitrogens is 2. The van der Waals surface area contributed by atoms with Gasteiger partial charge in [-0.25, -0.2) is 4.98 Å². The third-order valence-corrected chi connectivity index (χ3v) is 6.73. The number of carbonyl (C=O) groups is 1. The van der Waals surface area contributed by atoms with Gasteiger partial charge >= 0.3 is 0 Å². The molecule has 2 aromatic heterocycles. The Labute approximate surface area is 198 Å². The average molecular weight is 457 g/mol.